The minimum absolute atomic E-state index is 0.0582. The molecule has 0 saturated carbocycles. The van der Waals surface area contributed by atoms with E-state index >= 15 is 0 Å². The molecule has 0 aromatic heterocycles. The largest absolute Gasteiger partial charge is 0.493 e. The lowest BCUT2D eigenvalue weighted by atomic mass is 10.1. The van der Waals surface area contributed by atoms with Crippen LogP contribution >= 0.6 is 15.9 Å². The molecule has 1 atom stereocenters. The van der Waals surface area contributed by atoms with E-state index in [1.54, 1.807) is 44.6 Å². The molecule has 1 amide bonds. The molecule has 34 heavy (non-hydrogen) atoms. The minimum atomic E-state index is -3.90. The van der Waals surface area contributed by atoms with Crippen molar-refractivity contribution in [3.63, 3.8) is 0 Å². The number of amides is 1. The molecule has 0 bridgehead atoms. The third kappa shape index (κ3) is 6.37. The summed E-state index contributed by atoms with van der Waals surface area (Å²) in [6.45, 7) is 1.55. The Bertz CT molecular complexity index is 1220. The second kappa shape index (κ2) is 11.5. The number of nitrogens with zero attached hydrogens (tertiary/aromatic N) is 1. The van der Waals surface area contributed by atoms with Crippen LogP contribution in [0.2, 0.25) is 0 Å². The van der Waals surface area contributed by atoms with Crippen LogP contribution in [0.15, 0.2) is 82.2 Å². The zero-order chi connectivity index (χ0) is 24.7. The molecule has 0 aliphatic rings. The van der Waals surface area contributed by atoms with Gasteiger partial charge in [-0.1, -0.05) is 52.3 Å². The summed E-state index contributed by atoms with van der Waals surface area (Å²) in [4.78, 5) is 13.1. The van der Waals surface area contributed by atoms with Crippen molar-refractivity contribution in [1.82, 2.24) is 9.62 Å². The Morgan fingerprint density at radius 2 is 1.62 bits per heavy atom. The highest BCUT2D eigenvalue weighted by Crippen LogP contribution is 2.30. The first-order valence-electron chi connectivity index (χ1n) is 10.6. The topological polar surface area (TPSA) is 84.9 Å². The molecule has 3 aromatic carbocycles. The van der Waals surface area contributed by atoms with Crippen LogP contribution in [0.4, 0.5) is 0 Å². The van der Waals surface area contributed by atoms with E-state index in [-0.39, 0.29) is 24.0 Å². The van der Waals surface area contributed by atoms with Crippen LogP contribution < -0.4 is 14.8 Å². The van der Waals surface area contributed by atoms with Crippen LogP contribution in [0, 0.1) is 0 Å². The van der Waals surface area contributed by atoms with Gasteiger partial charge in [0.15, 0.2) is 11.5 Å². The fraction of sp³-hybridized carbons (Fsp3) is 0.240. The molecule has 1 N–H and O–H groups in total. The summed E-state index contributed by atoms with van der Waals surface area (Å²) in [6.07, 6.45) is 0. The molecule has 0 fully saturated rings. The van der Waals surface area contributed by atoms with Gasteiger partial charge in [-0.25, -0.2) is 8.42 Å². The number of nitrogens with one attached hydrogen (secondary N) is 1. The third-order valence-electron chi connectivity index (χ3n) is 5.26. The predicted octanol–water partition coefficient (Wildman–Crippen LogP) is 4.53. The number of halogens is 1. The van der Waals surface area contributed by atoms with E-state index in [0.29, 0.717) is 11.5 Å². The van der Waals surface area contributed by atoms with E-state index in [4.69, 9.17) is 9.47 Å². The molecule has 180 valence electrons. The van der Waals surface area contributed by atoms with Crippen LogP contribution in [-0.4, -0.2) is 39.4 Å². The zero-order valence-corrected chi connectivity index (χ0v) is 21.6. The summed E-state index contributed by atoms with van der Waals surface area (Å²) in [5, 5.41) is 2.88. The molecule has 3 aromatic rings. The Morgan fingerprint density at radius 3 is 2.24 bits per heavy atom. The van der Waals surface area contributed by atoms with Gasteiger partial charge in [0.2, 0.25) is 15.9 Å². The fourth-order valence-electron chi connectivity index (χ4n) is 3.41. The van der Waals surface area contributed by atoms with Crippen molar-refractivity contribution in [2.24, 2.45) is 0 Å². The van der Waals surface area contributed by atoms with Gasteiger partial charge in [0, 0.05) is 11.0 Å². The lowest BCUT2D eigenvalue weighted by Crippen LogP contribution is -2.41. The van der Waals surface area contributed by atoms with Gasteiger partial charge in [0.25, 0.3) is 0 Å². The monoisotopic (exact) mass is 546 g/mol. The van der Waals surface area contributed by atoms with E-state index in [1.165, 1.54) is 16.4 Å². The van der Waals surface area contributed by atoms with Crippen molar-refractivity contribution in [3.05, 3.63) is 88.4 Å². The van der Waals surface area contributed by atoms with Crippen molar-refractivity contribution in [3.8, 4) is 11.5 Å². The Balaban J connectivity index is 1.81. The summed E-state index contributed by atoms with van der Waals surface area (Å²) >= 11 is 3.38. The van der Waals surface area contributed by atoms with Gasteiger partial charge in [-0.3, -0.25) is 4.79 Å². The Morgan fingerprint density at radius 1 is 0.971 bits per heavy atom. The highest BCUT2D eigenvalue weighted by Gasteiger charge is 2.27. The molecule has 0 aliphatic carbocycles. The Hall–Kier alpha value is -2.88. The average molecular weight is 547 g/mol. The third-order valence-corrected chi connectivity index (χ3v) is 7.59. The molecule has 0 heterocycles. The van der Waals surface area contributed by atoms with Crippen LogP contribution in [-0.2, 0) is 21.4 Å². The average Bonchev–Trinajstić information content (AvgIpc) is 2.84. The van der Waals surface area contributed by atoms with E-state index < -0.39 is 15.9 Å². The van der Waals surface area contributed by atoms with Crippen LogP contribution in [0.3, 0.4) is 0 Å². The molecule has 0 unspecified atom stereocenters. The lowest BCUT2D eigenvalue weighted by Gasteiger charge is -2.23. The number of hydrogen-bond donors (Lipinski definition) is 1. The summed E-state index contributed by atoms with van der Waals surface area (Å²) in [6, 6.07) is 20.4. The molecule has 0 saturated heterocycles. The van der Waals surface area contributed by atoms with Crippen molar-refractivity contribution in [2.45, 2.75) is 24.4 Å². The lowest BCUT2D eigenvalue weighted by molar-refractivity contribution is -0.122. The second-order valence-electron chi connectivity index (χ2n) is 7.62. The molecule has 9 heteroatoms. The molecule has 0 aliphatic heterocycles. The normalized spacial score (nSPS) is 12.3. The summed E-state index contributed by atoms with van der Waals surface area (Å²) < 4.78 is 39.4. The van der Waals surface area contributed by atoms with E-state index in [1.807, 2.05) is 37.3 Å². The number of sulfonamides is 1. The Kier molecular flexibility index (Phi) is 8.71. The van der Waals surface area contributed by atoms with Gasteiger partial charge >= 0.3 is 0 Å². The first-order chi connectivity index (χ1) is 16.2. The molecule has 3 rings (SSSR count). The maximum atomic E-state index is 13.4. The van der Waals surface area contributed by atoms with Gasteiger partial charge in [0.1, 0.15) is 0 Å². The van der Waals surface area contributed by atoms with Gasteiger partial charge in [0.05, 0.1) is 31.7 Å². The maximum Gasteiger partial charge on any atom is 0.243 e. The van der Waals surface area contributed by atoms with Crippen LogP contribution in [0.25, 0.3) is 0 Å². The first kappa shape index (κ1) is 25.7. The van der Waals surface area contributed by atoms with E-state index in [0.717, 1.165) is 15.6 Å². The number of rotatable bonds is 10. The van der Waals surface area contributed by atoms with Gasteiger partial charge in [-0.15, -0.1) is 0 Å². The van der Waals surface area contributed by atoms with Crippen LogP contribution in [0.5, 0.6) is 11.5 Å². The minimum Gasteiger partial charge on any atom is -0.493 e. The van der Waals surface area contributed by atoms with Gasteiger partial charge in [-0.05, 0) is 54.4 Å². The molecular formula is C25H27BrN2O5S. The smallest absolute Gasteiger partial charge is 0.243 e. The highest BCUT2D eigenvalue weighted by molar-refractivity contribution is 9.10. The summed E-state index contributed by atoms with van der Waals surface area (Å²) in [5.41, 5.74) is 1.57. The highest BCUT2D eigenvalue weighted by atomic mass is 79.9. The number of ether oxygens (including phenoxy) is 2. The van der Waals surface area contributed by atoms with E-state index in [2.05, 4.69) is 21.2 Å². The number of methoxy groups -OCH3 is 2. The predicted molar refractivity (Wildman–Crippen MR) is 134 cm³/mol. The number of hydrogen-bond acceptors (Lipinski definition) is 5. The number of carbonyl (C=O) groups is 1. The fourth-order valence-corrected chi connectivity index (χ4v) is 5.08. The number of carbonyl (C=O) groups excluding carboxylic acids is 1. The van der Waals surface area contributed by atoms with Crippen molar-refractivity contribution in [1.29, 1.82) is 0 Å². The quantitative estimate of drug-likeness (QED) is 0.403. The first-order valence-corrected chi connectivity index (χ1v) is 12.8. The van der Waals surface area contributed by atoms with Crippen LogP contribution in [0.1, 0.15) is 24.1 Å². The van der Waals surface area contributed by atoms with Crippen molar-refractivity contribution >= 4 is 31.9 Å². The maximum absolute atomic E-state index is 13.4. The summed E-state index contributed by atoms with van der Waals surface area (Å²) in [7, 11) is -0.808. The van der Waals surface area contributed by atoms with E-state index in [9.17, 15) is 13.2 Å². The van der Waals surface area contributed by atoms with Gasteiger partial charge in [-0.2, -0.15) is 4.31 Å². The molecular weight excluding hydrogens is 520 g/mol. The van der Waals surface area contributed by atoms with Crippen molar-refractivity contribution in [2.75, 3.05) is 20.8 Å². The Labute approximate surface area is 208 Å². The van der Waals surface area contributed by atoms with Gasteiger partial charge < -0.3 is 14.8 Å². The SMILES string of the molecule is COc1ccc([C@H](C)NC(=O)CN(Cc2ccc(Br)cc2)S(=O)(=O)c2ccccc2)cc1OC. The number of benzene rings is 3. The molecule has 0 radical (unpaired) electrons. The molecule has 0 spiro atoms. The second-order valence-corrected chi connectivity index (χ2v) is 10.5. The van der Waals surface area contributed by atoms with Crippen molar-refractivity contribution < 1.29 is 22.7 Å². The molecule has 7 nitrogen and oxygen atoms in total. The zero-order valence-electron chi connectivity index (χ0n) is 19.2. The standard InChI is InChI=1S/C25H27BrN2O5S/c1-18(20-11-14-23(32-2)24(15-20)33-3)27-25(29)17-28(16-19-9-12-21(26)13-10-19)34(30,31)22-7-5-4-6-8-22/h4-15,18H,16-17H2,1-3H3,(H,27,29)/t18-/m0/s1. The summed E-state index contributed by atoms with van der Waals surface area (Å²) in [5.74, 6) is 0.711.